The Labute approximate surface area is 77.1 Å². The van der Waals surface area contributed by atoms with Crippen molar-refractivity contribution in [1.29, 1.82) is 0 Å². The summed E-state index contributed by atoms with van der Waals surface area (Å²) >= 11 is 0. The third-order valence-corrected chi connectivity index (χ3v) is 0.183. The second-order valence-electron chi connectivity index (χ2n) is 0.610. The summed E-state index contributed by atoms with van der Waals surface area (Å²) in [6.07, 6.45) is 0. The summed E-state index contributed by atoms with van der Waals surface area (Å²) in [7, 11) is 0. The number of carboxylic acid groups (broad SMARTS) is 2. The van der Waals surface area contributed by atoms with Gasteiger partial charge in [-0.15, -0.1) is 0 Å². The Bertz CT molecular complexity index is 76.4. The van der Waals surface area contributed by atoms with Gasteiger partial charge in [-0.25, -0.2) is 9.59 Å². The molecule has 0 bridgehead atoms. The van der Waals surface area contributed by atoms with Crippen molar-refractivity contribution in [2.75, 3.05) is 0 Å². The average Bonchev–Trinajstić information content (AvgIpc) is 1.36. The van der Waals surface area contributed by atoms with Crippen LogP contribution in [0.2, 0.25) is 0 Å². The molecular formula is C2H4O5Sm. The molecule has 6 heteroatoms. The number of hydrogen-bond donors (Lipinski definition) is 2. The summed E-state index contributed by atoms with van der Waals surface area (Å²) in [5.41, 5.74) is 0. The number of aliphatic carboxylic acids is 2. The van der Waals surface area contributed by atoms with E-state index in [0.717, 1.165) is 0 Å². The zero-order chi connectivity index (χ0) is 5.15. The van der Waals surface area contributed by atoms with Gasteiger partial charge >= 0.3 is 11.9 Å². The topological polar surface area (TPSA) is 106 Å². The predicted molar refractivity (Wildman–Crippen MR) is 18.9 cm³/mol. The molecule has 48 valence electrons. The third-order valence-electron chi connectivity index (χ3n) is 0.183. The van der Waals surface area contributed by atoms with Gasteiger partial charge in [0.15, 0.2) is 0 Å². The van der Waals surface area contributed by atoms with Gasteiger partial charge in [0.2, 0.25) is 0 Å². The van der Waals surface area contributed by atoms with Gasteiger partial charge < -0.3 is 15.7 Å². The zero-order valence-corrected chi connectivity index (χ0v) is 6.24. The molecule has 0 aromatic carbocycles. The van der Waals surface area contributed by atoms with Crippen LogP contribution in [0.4, 0.5) is 0 Å². The first-order valence-corrected chi connectivity index (χ1v) is 1.11. The molecule has 4 N–H and O–H groups in total. The number of rotatable bonds is 0. The van der Waals surface area contributed by atoms with Crippen LogP contribution < -0.4 is 0 Å². The summed E-state index contributed by atoms with van der Waals surface area (Å²) < 4.78 is 0. The fraction of sp³-hybridized carbons (Fsp3) is 0. The summed E-state index contributed by atoms with van der Waals surface area (Å²) in [4.78, 5) is 18.2. The molecule has 0 fully saturated rings. The van der Waals surface area contributed by atoms with Crippen molar-refractivity contribution in [3.8, 4) is 0 Å². The molecule has 8 heavy (non-hydrogen) atoms. The SMILES string of the molecule is O.O=C(O)C(=O)O.[Sm]. The summed E-state index contributed by atoms with van der Waals surface area (Å²) in [5.74, 6) is -3.65. The van der Waals surface area contributed by atoms with Crippen LogP contribution >= 0.6 is 0 Å². The maximum Gasteiger partial charge on any atom is 0.414 e. The number of carboxylic acids is 2. The molecule has 0 amide bonds. The smallest absolute Gasteiger partial charge is 0.414 e. The Morgan fingerprint density at radius 3 is 1.12 bits per heavy atom. The molecule has 0 radical (unpaired) electrons. The molecule has 0 aliphatic heterocycles. The van der Waals surface area contributed by atoms with Crippen molar-refractivity contribution in [3.63, 3.8) is 0 Å². The van der Waals surface area contributed by atoms with Gasteiger partial charge in [-0.2, -0.15) is 0 Å². The van der Waals surface area contributed by atoms with Gasteiger partial charge in [0, 0.05) is 40.4 Å². The Kier molecular flexibility index (Phi) is 14.2. The molecule has 0 unspecified atom stereocenters. The van der Waals surface area contributed by atoms with Crippen LogP contribution in [0.15, 0.2) is 0 Å². The van der Waals surface area contributed by atoms with Crippen LogP contribution in [-0.4, -0.2) is 27.6 Å². The van der Waals surface area contributed by atoms with Crippen LogP contribution in [0.25, 0.3) is 0 Å². The van der Waals surface area contributed by atoms with E-state index in [4.69, 9.17) is 19.8 Å². The fourth-order valence-corrected chi connectivity index (χ4v) is 0. The molecule has 0 aliphatic carbocycles. The molecule has 0 atom stereocenters. The minimum atomic E-state index is -1.82. The molecule has 0 aliphatic rings. The average molecular weight is 258 g/mol. The van der Waals surface area contributed by atoms with Crippen LogP contribution in [0, 0.1) is 40.4 Å². The summed E-state index contributed by atoms with van der Waals surface area (Å²) in [6, 6.07) is 0. The Balaban J connectivity index is -0.000000125. The Hall–Kier alpha value is 0.238. The van der Waals surface area contributed by atoms with E-state index >= 15 is 0 Å². The van der Waals surface area contributed by atoms with Crippen molar-refractivity contribution in [2.24, 2.45) is 0 Å². The quantitative estimate of drug-likeness (QED) is 0.507. The Morgan fingerprint density at radius 1 is 1.00 bits per heavy atom. The van der Waals surface area contributed by atoms with Crippen LogP contribution in [0.3, 0.4) is 0 Å². The maximum absolute atomic E-state index is 9.10. The van der Waals surface area contributed by atoms with Crippen molar-refractivity contribution >= 4 is 11.9 Å². The van der Waals surface area contributed by atoms with E-state index in [-0.39, 0.29) is 45.9 Å². The van der Waals surface area contributed by atoms with Crippen molar-refractivity contribution in [2.45, 2.75) is 0 Å². The first kappa shape index (κ1) is 15.7. The van der Waals surface area contributed by atoms with Crippen molar-refractivity contribution in [3.05, 3.63) is 0 Å². The van der Waals surface area contributed by atoms with E-state index < -0.39 is 11.9 Å². The second kappa shape index (κ2) is 7.24. The van der Waals surface area contributed by atoms with Crippen LogP contribution in [0.5, 0.6) is 0 Å². The van der Waals surface area contributed by atoms with Crippen molar-refractivity contribution < 1.29 is 65.7 Å². The minimum absolute atomic E-state index is 0. The third kappa shape index (κ3) is 9.53. The Morgan fingerprint density at radius 2 is 1.12 bits per heavy atom. The molecule has 0 rings (SSSR count). The first-order valence-electron chi connectivity index (χ1n) is 1.11. The van der Waals surface area contributed by atoms with Crippen LogP contribution in [0.1, 0.15) is 0 Å². The standard InChI is InChI=1S/C2H2O4.H2O.Sm/c3-1(4)2(5)6;;/h(H,3,4)(H,5,6);1H2;. The van der Waals surface area contributed by atoms with Crippen molar-refractivity contribution in [1.82, 2.24) is 0 Å². The number of carbonyl (C=O) groups is 2. The van der Waals surface area contributed by atoms with Gasteiger partial charge in [0.05, 0.1) is 0 Å². The predicted octanol–water partition coefficient (Wildman–Crippen LogP) is -1.67. The van der Waals surface area contributed by atoms with Gasteiger partial charge in [-0.05, 0) is 0 Å². The van der Waals surface area contributed by atoms with E-state index in [0.29, 0.717) is 0 Å². The normalized spacial score (nSPS) is 5.50. The molecule has 0 saturated heterocycles. The van der Waals surface area contributed by atoms with Gasteiger partial charge in [-0.1, -0.05) is 0 Å². The van der Waals surface area contributed by atoms with E-state index in [9.17, 15) is 0 Å². The molecule has 0 aromatic rings. The monoisotopic (exact) mass is 260 g/mol. The molecule has 0 saturated carbocycles. The molecule has 5 nitrogen and oxygen atoms in total. The van der Waals surface area contributed by atoms with E-state index in [1.54, 1.807) is 0 Å². The summed E-state index contributed by atoms with van der Waals surface area (Å²) in [5, 5.41) is 14.8. The van der Waals surface area contributed by atoms with Gasteiger partial charge in [-0.3, -0.25) is 0 Å². The molecule has 0 heterocycles. The minimum Gasteiger partial charge on any atom is -0.473 e. The second-order valence-corrected chi connectivity index (χ2v) is 0.610. The largest absolute Gasteiger partial charge is 0.473 e. The zero-order valence-electron chi connectivity index (χ0n) is 3.62. The molecular weight excluding hydrogens is 254 g/mol. The first-order chi connectivity index (χ1) is 2.64. The molecule has 0 spiro atoms. The summed E-state index contributed by atoms with van der Waals surface area (Å²) in [6.45, 7) is 0. The van der Waals surface area contributed by atoms with E-state index in [1.165, 1.54) is 0 Å². The molecule has 0 aromatic heterocycles. The fourth-order valence-electron chi connectivity index (χ4n) is 0. The van der Waals surface area contributed by atoms with Gasteiger partial charge in [0.1, 0.15) is 0 Å². The van der Waals surface area contributed by atoms with Crippen LogP contribution in [-0.2, 0) is 9.59 Å². The number of hydrogen-bond acceptors (Lipinski definition) is 2. The van der Waals surface area contributed by atoms with E-state index in [2.05, 4.69) is 0 Å². The maximum atomic E-state index is 9.10. The van der Waals surface area contributed by atoms with Gasteiger partial charge in [0.25, 0.3) is 0 Å². The van der Waals surface area contributed by atoms with E-state index in [1.807, 2.05) is 0 Å².